The summed E-state index contributed by atoms with van der Waals surface area (Å²) in [5.41, 5.74) is 1.28. The largest absolute Gasteiger partial charge is 0.302 e. The van der Waals surface area contributed by atoms with Crippen LogP contribution < -0.4 is 0 Å². The summed E-state index contributed by atoms with van der Waals surface area (Å²) in [6.45, 7) is 2.35. The first-order valence-electron chi connectivity index (χ1n) is 4.63. The molecule has 0 saturated carbocycles. The number of likely N-dealkylation sites (N-methyl/N-ethyl adjacent to an activating group) is 1. The Morgan fingerprint density at radius 1 is 1.36 bits per heavy atom. The average Bonchev–Trinajstić information content (AvgIpc) is 2.16. The van der Waals surface area contributed by atoms with Crippen molar-refractivity contribution in [2.45, 2.75) is 13.3 Å². The number of aromatic nitrogens is 2. The molecule has 0 aliphatic rings. The van der Waals surface area contributed by atoms with Crippen LogP contribution in [0.3, 0.4) is 0 Å². The lowest BCUT2D eigenvalue weighted by Crippen LogP contribution is -2.23. The van der Waals surface area contributed by atoms with E-state index in [1.165, 1.54) is 0 Å². The number of hydrogen-bond acceptors (Lipinski definition) is 4. The van der Waals surface area contributed by atoms with Crippen molar-refractivity contribution in [3.63, 3.8) is 0 Å². The number of ketones is 1. The van der Waals surface area contributed by atoms with Crippen LogP contribution in [-0.2, 0) is 6.42 Å². The van der Waals surface area contributed by atoms with Crippen molar-refractivity contribution in [3.05, 3.63) is 23.8 Å². The fourth-order valence-electron chi connectivity index (χ4n) is 1.22. The van der Waals surface area contributed by atoms with Crippen molar-refractivity contribution in [1.82, 2.24) is 14.9 Å². The molecule has 4 heteroatoms. The minimum atomic E-state index is 0.0277. The highest BCUT2D eigenvalue weighted by molar-refractivity contribution is 5.96. The lowest BCUT2D eigenvalue weighted by atomic mass is 10.2. The minimum absolute atomic E-state index is 0.0277. The van der Waals surface area contributed by atoms with Gasteiger partial charge in [-0.25, -0.2) is 4.98 Å². The Bertz CT molecular complexity index is 323. The van der Waals surface area contributed by atoms with Crippen LogP contribution in [0, 0.1) is 0 Å². The van der Waals surface area contributed by atoms with Crippen LogP contribution >= 0.6 is 0 Å². The summed E-state index contributed by atoms with van der Waals surface area (Å²) in [7, 11) is 3.72. The number of carbonyl (C=O) groups is 1. The normalized spacial score (nSPS) is 10.6. The zero-order valence-corrected chi connectivity index (χ0v) is 8.82. The molecule has 1 rings (SSSR count). The van der Waals surface area contributed by atoms with E-state index in [0.29, 0.717) is 12.2 Å². The number of hydrogen-bond donors (Lipinski definition) is 0. The molecule has 0 spiro atoms. The Hall–Kier alpha value is -1.29. The van der Waals surface area contributed by atoms with Gasteiger partial charge in [0.1, 0.15) is 5.69 Å². The zero-order valence-electron chi connectivity index (χ0n) is 8.82. The fraction of sp³-hybridized carbons (Fsp3) is 0.500. The smallest absolute Gasteiger partial charge is 0.196 e. The maximum Gasteiger partial charge on any atom is 0.196 e. The maximum atomic E-state index is 11.7. The van der Waals surface area contributed by atoms with Crippen molar-refractivity contribution < 1.29 is 4.79 Å². The molecule has 0 aliphatic carbocycles. The van der Waals surface area contributed by atoms with Gasteiger partial charge in [0.2, 0.25) is 0 Å². The lowest BCUT2D eigenvalue weighted by Gasteiger charge is -2.09. The third-order valence-electron chi connectivity index (χ3n) is 1.83. The van der Waals surface area contributed by atoms with Gasteiger partial charge in [-0.2, -0.15) is 0 Å². The second kappa shape index (κ2) is 4.81. The summed E-state index contributed by atoms with van der Waals surface area (Å²) >= 11 is 0. The van der Waals surface area contributed by atoms with E-state index in [0.717, 1.165) is 12.1 Å². The van der Waals surface area contributed by atoms with E-state index in [1.54, 1.807) is 12.4 Å². The first kappa shape index (κ1) is 10.8. The van der Waals surface area contributed by atoms with Crippen molar-refractivity contribution in [1.29, 1.82) is 0 Å². The van der Waals surface area contributed by atoms with E-state index in [9.17, 15) is 4.79 Å². The molecule has 0 fully saturated rings. The van der Waals surface area contributed by atoms with Gasteiger partial charge in [0, 0.05) is 12.4 Å². The molecule has 0 radical (unpaired) electrons. The van der Waals surface area contributed by atoms with Crippen LogP contribution in [-0.4, -0.2) is 41.3 Å². The number of Topliss-reactive ketones (excluding diaryl/α,β-unsaturated/α-hetero) is 1. The summed E-state index contributed by atoms with van der Waals surface area (Å²) in [5, 5.41) is 0. The second-order valence-electron chi connectivity index (χ2n) is 3.37. The molecule has 0 N–H and O–H groups in total. The number of rotatable bonds is 4. The summed E-state index contributed by atoms with van der Waals surface area (Å²) in [6.07, 6.45) is 3.91. The van der Waals surface area contributed by atoms with Crippen LogP contribution in [0.2, 0.25) is 0 Å². The van der Waals surface area contributed by atoms with E-state index in [1.807, 2.05) is 25.9 Å². The second-order valence-corrected chi connectivity index (χ2v) is 3.37. The molecule has 1 aromatic heterocycles. The Morgan fingerprint density at radius 2 is 2.00 bits per heavy atom. The van der Waals surface area contributed by atoms with E-state index in [2.05, 4.69) is 9.97 Å². The van der Waals surface area contributed by atoms with E-state index in [4.69, 9.17) is 0 Å². The average molecular weight is 193 g/mol. The predicted octanol–water partition coefficient (Wildman–Crippen LogP) is 0.783. The van der Waals surface area contributed by atoms with Gasteiger partial charge in [-0.15, -0.1) is 0 Å². The quantitative estimate of drug-likeness (QED) is 0.663. The Morgan fingerprint density at radius 3 is 2.57 bits per heavy atom. The van der Waals surface area contributed by atoms with E-state index in [-0.39, 0.29) is 5.78 Å². The molecule has 76 valence electrons. The van der Waals surface area contributed by atoms with Gasteiger partial charge in [0.15, 0.2) is 5.78 Å². The molecular weight excluding hydrogens is 178 g/mol. The van der Waals surface area contributed by atoms with Crippen LogP contribution in [0.4, 0.5) is 0 Å². The molecule has 0 amide bonds. The lowest BCUT2D eigenvalue weighted by molar-refractivity contribution is 0.0951. The number of nitrogens with zero attached hydrogens (tertiary/aromatic N) is 3. The molecule has 0 bridgehead atoms. The van der Waals surface area contributed by atoms with Gasteiger partial charge in [-0.05, 0) is 20.5 Å². The van der Waals surface area contributed by atoms with Crippen molar-refractivity contribution in [2.24, 2.45) is 0 Å². The SMILES string of the molecule is CCc1nccnc1C(=O)CN(C)C. The van der Waals surface area contributed by atoms with Crippen molar-refractivity contribution in [2.75, 3.05) is 20.6 Å². The predicted molar refractivity (Wildman–Crippen MR) is 54.3 cm³/mol. The van der Waals surface area contributed by atoms with Gasteiger partial charge in [0.05, 0.1) is 12.2 Å². The standard InChI is InChI=1S/C10H15N3O/c1-4-8-10(12-6-5-11-8)9(14)7-13(2)3/h5-6H,4,7H2,1-3H3. The minimum Gasteiger partial charge on any atom is -0.302 e. The highest BCUT2D eigenvalue weighted by Gasteiger charge is 2.12. The van der Waals surface area contributed by atoms with Gasteiger partial charge in [-0.1, -0.05) is 6.92 Å². The number of aryl methyl sites for hydroxylation is 1. The monoisotopic (exact) mass is 193 g/mol. The van der Waals surface area contributed by atoms with E-state index >= 15 is 0 Å². The Balaban J connectivity index is 2.88. The van der Waals surface area contributed by atoms with Gasteiger partial charge in [0.25, 0.3) is 0 Å². The molecule has 1 heterocycles. The summed E-state index contributed by atoms with van der Waals surface area (Å²) in [6, 6.07) is 0. The van der Waals surface area contributed by atoms with Crippen LogP contribution in [0.25, 0.3) is 0 Å². The molecule has 0 aromatic carbocycles. The topological polar surface area (TPSA) is 46.1 Å². The Labute approximate surface area is 84.0 Å². The zero-order chi connectivity index (χ0) is 10.6. The van der Waals surface area contributed by atoms with E-state index < -0.39 is 0 Å². The summed E-state index contributed by atoms with van der Waals surface area (Å²) in [5.74, 6) is 0.0277. The van der Waals surface area contributed by atoms with Crippen molar-refractivity contribution in [3.8, 4) is 0 Å². The van der Waals surface area contributed by atoms with Gasteiger partial charge in [-0.3, -0.25) is 9.78 Å². The Kier molecular flexibility index (Phi) is 3.71. The summed E-state index contributed by atoms with van der Waals surface area (Å²) < 4.78 is 0. The maximum absolute atomic E-state index is 11.7. The molecule has 1 aromatic rings. The molecule has 0 atom stereocenters. The third-order valence-corrected chi connectivity index (χ3v) is 1.83. The molecular formula is C10H15N3O. The summed E-state index contributed by atoms with van der Waals surface area (Å²) in [4.78, 5) is 21.7. The van der Waals surface area contributed by atoms with Crippen LogP contribution in [0.5, 0.6) is 0 Å². The van der Waals surface area contributed by atoms with Gasteiger partial charge >= 0.3 is 0 Å². The number of carbonyl (C=O) groups excluding carboxylic acids is 1. The highest BCUT2D eigenvalue weighted by atomic mass is 16.1. The first-order valence-corrected chi connectivity index (χ1v) is 4.63. The molecule has 0 unspecified atom stereocenters. The van der Waals surface area contributed by atoms with Crippen molar-refractivity contribution >= 4 is 5.78 Å². The third kappa shape index (κ3) is 2.60. The molecule has 0 saturated heterocycles. The van der Waals surface area contributed by atoms with Crippen LogP contribution in [0.1, 0.15) is 23.1 Å². The van der Waals surface area contributed by atoms with Gasteiger partial charge < -0.3 is 4.90 Å². The molecule has 14 heavy (non-hydrogen) atoms. The molecule has 0 aliphatic heterocycles. The fourth-order valence-corrected chi connectivity index (χ4v) is 1.22. The van der Waals surface area contributed by atoms with Crippen LogP contribution in [0.15, 0.2) is 12.4 Å². The molecule has 4 nitrogen and oxygen atoms in total. The highest BCUT2D eigenvalue weighted by Crippen LogP contribution is 2.03. The first-order chi connectivity index (χ1) is 6.65.